The predicted octanol–water partition coefficient (Wildman–Crippen LogP) is 6.54. The Labute approximate surface area is 230 Å². The molecule has 0 radical (unpaired) electrons. The van der Waals surface area contributed by atoms with E-state index in [1.807, 2.05) is 13.0 Å². The molecule has 222 valence electrons. The number of hydrogen-bond donors (Lipinski definition) is 2. The first-order valence-electron chi connectivity index (χ1n) is 14.3. The van der Waals surface area contributed by atoms with Crippen LogP contribution in [-0.4, -0.2) is 49.3 Å². The molecule has 0 rings (SSSR count). The number of nitrogens with two attached hydrogens (primary N) is 1. The molecule has 2 atom stereocenters. The lowest BCUT2D eigenvalue weighted by Gasteiger charge is -2.19. The zero-order chi connectivity index (χ0) is 28.3. The third-order valence-electron chi connectivity index (χ3n) is 5.68. The van der Waals surface area contributed by atoms with Gasteiger partial charge in [0.2, 0.25) is 0 Å². The van der Waals surface area contributed by atoms with Crippen LogP contribution in [0.2, 0.25) is 0 Å². The van der Waals surface area contributed by atoms with Crippen LogP contribution >= 0.6 is 7.82 Å². The van der Waals surface area contributed by atoms with Crippen LogP contribution in [-0.2, 0) is 32.7 Å². The standard InChI is InChI=1S/C28H52NO8P/c1-3-5-7-9-11-12-13-14-15-17-19-21-28(31)37-26(25-36-38(32,33)35-23-22-29)24-34-27(30)20-18-16-10-8-6-4-2/h3,5,9,11,26H,4,6-8,10,12-25,29H2,1-2H3,(H,32,33)/b5-3-,11-9+/t26-/m1/s1. The Balaban J connectivity index is 4.38. The van der Waals surface area contributed by atoms with Gasteiger partial charge in [0.15, 0.2) is 6.10 Å². The van der Waals surface area contributed by atoms with Gasteiger partial charge in [-0.2, -0.15) is 0 Å². The average molecular weight is 562 g/mol. The maximum absolute atomic E-state index is 12.3. The predicted molar refractivity (Wildman–Crippen MR) is 151 cm³/mol. The smallest absolute Gasteiger partial charge is 0.462 e. The summed E-state index contributed by atoms with van der Waals surface area (Å²) in [4.78, 5) is 34.2. The third-order valence-corrected chi connectivity index (χ3v) is 6.67. The lowest BCUT2D eigenvalue weighted by molar-refractivity contribution is -0.161. The number of esters is 2. The van der Waals surface area contributed by atoms with Crippen LogP contribution in [0.25, 0.3) is 0 Å². The van der Waals surface area contributed by atoms with E-state index in [4.69, 9.17) is 24.3 Å². The number of allylic oxidation sites excluding steroid dienone is 4. The maximum Gasteiger partial charge on any atom is 0.472 e. The van der Waals surface area contributed by atoms with Crippen LogP contribution < -0.4 is 5.73 Å². The molecule has 10 heteroatoms. The zero-order valence-electron chi connectivity index (χ0n) is 23.7. The van der Waals surface area contributed by atoms with Crippen molar-refractivity contribution in [2.75, 3.05) is 26.4 Å². The number of hydrogen-bond acceptors (Lipinski definition) is 8. The average Bonchev–Trinajstić information content (AvgIpc) is 2.89. The minimum Gasteiger partial charge on any atom is -0.462 e. The van der Waals surface area contributed by atoms with Gasteiger partial charge >= 0.3 is 19.8 Å². The van der Waals surface area contributed by atoms with Crippen molar-refractivity contribution in [2.45, 2.75) is 116 Å². The Morgan fingerprint density at radius 3 is 2.13 bits per heavy atom. The van der Waals surface area contributed by atoms with Crippen molar-refractivity contribution in [3.8, 4) is 0 Å². The SMILES string of the molecule is C/C=C\C/C=C/CCCCCCCC(=O)O[C@H](COC(=O)CCCCCCCC)COP(=O)(O)OCCN. The number of carbonyl (C=O) groups excluding carboxylic acids is 2. The summed E-state index contributed by atoms with van der Waals surface area (Å²) >= 11 is 0. The first kappa shape index (κ1) is 36.5. The van der Waals surface area contributed by atoms with Crippen LogP contribution in [0.4, 0.5) is 0 Å². The van der Waals surface area contributed by atoms with Crippen molar-refractivity contribution in [1.82, 2.24) is 0 Å². The number of carbonyl (C=O) groups is 2. The molecular weight excluding hydrogens is 509 g/mol. The van der Waals surface area contributed by atoms with Gasteiger partial charge in [0, 0.05) is 19.4 Å². The molecule has 38 heavy (non-hydrogen) atoms. The Hall–Kier alpha value is -1.51. The summed E-state index contributed by atoms with van der Waals surface area (Å²) < 4.78 is 32.2. The summed E-state index contributed by atoms with van der Waals surface area (Å²) in [6.45, 7) is 3.37. The van der Waals surface area contributed by atoms with Crippen molar-refractivity contribution < 1.29 is 37.6 Å². The molecule has 0 aliphatic rings. The van der Waals surface area contributed by atoms with Gasteiger partial charge in [-0.15, -0.1) is 0 Å². The number of ether oxygens (including phenoxy) is 2. The highest BCUT2D eigenvalue weighted by Gasteiger charge is 2.25. The van der Waals surface area contributed by atoms with E-state index in [9.17, 15) is 19.0 Å². The highest BCUT2D eigenvalue weighted by Crippen LogP contribution is 2.43. The summed E-state index contributed by atoms with van der Waals surface area (Å²) in [5, 5.41) is 0. The second-order valence-electron chi connectivity index (χ2n) is 9.28. The lowest BCUT2D eigenvalue weighted by atomic mass is 10.1. The molecule has 0 amide bonds. The first-order chi connectivity index (χ1) is 18.3. The molecule has 9 nitrogen and oxygen atoms in total. The maximum atomic E-state index is 12.3. The van der Waals surface area contributed by atoms with Gasteiger partial charge < -0.3 is 20.1 Å². The van der Waals surface area contributed by atoms with Crippen molar-refractivity contribution in [2.24, 2.45) is 5.73 Å². The Morgan fingerprint density at radius 2 is 1.47 bits per heavy atom. The van der Waals surface area contributed by atoms with Crippen molar-refractivity contribution in [1.29, 1.82) is 0 Å². The largest absolute Gasteiger partial charge is 0.472 e. The Bertz CT molecular complexity index is 698. The topological polar surface area (TPSA) is 134 Å². The van der Waals surface area contributed by atoms with E-state index in [0.717, 1.165) is 70.6 Å². The van der Waals surface area contributed by atoms with Gasteiger partial charge in [-0.25, -0.2) is 4.57 Å². The molecule has 3 N–H and O–H groups in total. The Kier molecular flexibility index (Phi) is 24.7. The molecule has 1 unspecified atom stereocenters. The fourth-order valence-electron chi connectivity index (χ4n) is 3.54. The number of rotatable bonds is 26. The van der Waals surface area contributed by atoms with E-state index < -0.39 is 32.5 Å². The van der Waals surface area contributed by atoms with Crippen LogP contribution in [0.1, 0.15) is 110 Å². The number of phosphoric acid groups is 1. The van der Waals surface area contributed by atoms with Crippen molar-refractivity contribution >= 4 is 19.8 Å². The second kappa shape index (κ2) is 25.8. The van der Waals surface area contributed by atoms with E-state index in [1.54, 1.807) is 0 Å². The highest BCUT2D eigenvalue weighted by molar-refractivity contribution is 7.47. The van der Waals surface area contributed by atoms with Crippen LogP contribution in [0.15, 0.2) is 24.3 Å². The molecule has 0 aromatic rings. The molecule has 0 aromatic heterocycles. The fraction of sp³-hybridized carbons (Fsp3) is 0.786. The lowest BCUT2D eigenvalue weighted by Crippen LogP contribution is -2.29. The van der Waals surface area contributed by atoms with E-state index in [2.05, 4.69) is 25.2 Å². The molecule has 0 heterocycles. The van der Waals surface area contributed by atoms with Crippen molar-refractivity contribution in [3.63, 3.8) is 0 Å². The fourth-order valence-corrected chi connectivity index (χ4v) is 4.31. The highest BCUT2D eigenvalue weighted by atomic mass is 31.2. The minimum absolute atomic E-state index is 0.0512. The Morgan fingerprint density at radius 1 is 0.842 bits per heavy atom. The summed E-state index contributed by atoms with van der Waals surface area (Å²) in [6.07, 6.45) is 21.2. The van der Waals surface area contributed by atoms with Gasteiger partial charge in [0.05, 0.1) is 13.2 Å². The molecule has 0 aliphatic heterocycles. The molecule has 0 aliphatic carbocycles. The molecular formula is C28H52NO8P. The second-order valence-corrected chi connectivity index (χ2v) is 10.7. The molecule has 0 saturated carbocycles. The molecule has 0 aromatic carbocycles. The summed E-state index contributed by atoms with van der Waals surface area (Å²) in [5.74, 6) is -0.863. The summed E-state index contributed by atoms with van der Waals surface area (Å²) in [5.41, 5.74) is 5.28. The zero-order valence-corrected chi connectivity index (χ0v) is 24.5. The normalized spacial score (nSPS) is 14.1. The van der Waals surface area contributed by atoms with Gasteiger partial charge in [-0.3, -0.25) is 18.6 Å². The number of unbranched alkanes of at least 4 members (excludes halogenated alkanes) is 10. The summed E-state index contributed by atoms with van der Waals surface area (Å²) in [6, 6.07) is 0. The first-order valence-corrected chi connectivity index (χ1v) is 15.8. The van der Waals surface area contributed by atoms with E-state index in [1.165, 1.54) is 6.42 Å². The third kappa shape index (κ3) is 24.8. The number of phosphoric ester groups is 1. The molecule has 0 spiro atoms. The molecule has 0 fully saturated rings. The van der Waals surface area contributed by atoms with Gasteiger partial charge in [-0.1, -0.05) is 82.6 Å². The van der Waals surface area contributed by atoms with Crippen LogP contribution in [0.3, 0.4) is 0 Å². The summed E-state index contributed by atoms with van der Waals surface area (Å²) in [7, 11) is -4.35. The van der Waals surface area contributed by atoms with Crippen molar-refractivity contribution in [3.05, 3.63) is 24.3 Å². The van der Waals surface area contributed by atoms with E-state index >= 15 is 0 Å². The van der Waals surface area contributed by atoms with Crippen LogP contribution in [0.5, 0.6) is 0 Å². The van der Waals surface area contributed by atoms with Gasteiger partial charge in [0.25, 0.3) is 0 Å². The molecule has 0 bridgehead atoms. The van der Waals surface area contributed by atoms with E-state index in [-0.39, 0.29) is 32.6 Å². The van der Waals surface area contributed by atoms with Crippen LogP contribution in [0, 0.1) is 0 Å². The monoisotopic (exact) mass is 561 g/mol. The van der Waals surface area contributed by atoms with Gasteiger partial charge in [-0.05, 0) is 39.0 Å². The van der Waals surface area contributed by atoms with Gasteiger partial charge in [0.1, 0.15) is 6.61 Å². The molecule has 0 saturated heterocycles. The minimum atomic E-state index is -4.35. The quantitative estimate of drug-likeness (QED) is 0.0522. The van der Waals surface area contributed by atoms with E-state index in [0.29, 0.717) is 6.42 Å².